The zero-order valence-electron chi connectivity index (χ0n) is 11.0. The zero-order valence-corrected chi connectivity index (χ0v) is 11.0. The van der Waals surface area contributed by atoms with Crippen LogP contribution >= 0.6 is 0 Å². The van der Waals surface area contributed by atoms with E-state index in [4.69, 9.17) is 10.2 Å². The third kappa shape index (κ3) is 1.82. The minimum Gasteiger partial charge on any atom is -0.469 e. The second-order valence-corrected chi connectivity index (χ2v) is 5.95. The fourth-order valence-electron chi connectivity index (χ4n) is 4.00. The van der Waals surface area contributed by atoms with Crippen LogP contribution in [0.1, 0.15) is 29.2 Å². The van der Waals surface area contributed by atoms with Crippen molar-refractivity contribution >= 4 is 0 Å². The van der Waals surface area contributed by atoms with E-state index in [-0.39, 0.29) is 6.04 Å². The Balaban J connectivity index is 1.54. The molecule has 0 saturated heterocycles. The van der Waals surface area contributed by atoms with Crippen LogP contribution in [0, 0.1) is 11.8 Å². The maximum absolute atomic E-state index is 6.43. The Morgan fingerprint density at radius 2 is 2.11 bits per heavy atom. The lowest BCUT2D eigenvalue weighted by atomic mass is 9.92. The maximum atomic E-state index is 6.43. The van der Waals surface area contributed by atoms with Crippen LogP contribution in [0.3, 0.4) is 0 Å². The van der Waals surface area contributed by atoms with Crippen LogP contribution in [-0.4, -0.2) is 6.04 Å². The highest BCUT2D eigenvalue weighted by molar-refractivity contribution is 5.40. The van der Waals surface area contributed by atoms with Crippen molar-refractivity contribution in [3.8, 4) is 0 Å². The molecule has 1 saturated carbocycles. The Morgan fingerprint density at radius 3 is 2.95 bits per heavy atom. The fourth-order valence-corrected chi connectivity index (χ4v) is 4.00. The molecule has 4 atom stereocenters. The largest absolute Gasteiger partial charge is 0.469 e. The van der Waals surface area contributed by atoms with Gasteiger partial charge in [0.15, 0.2) is 0 Å². The Labute approximate surface area is 113 Å². The molecule has 1 aromatic heterocycles. The smallest absolute Gasteiger partial charge is 0.105 e. The van der Waals surface area contributed by atoms with Gasteiger partial charge in [-0.1, -0.05) is 24.3 Å². The van der Waals surface area contributed by atoms with Gasteiger partial charge >= 0.3 is 0 Å². The van der Waals surface area contributed by atoms with Crippen molar-refractivity contribution in [1.82, 2.24) is 0 Å². The van der Waals surface area contributed by atoms with Gasteiger partial charge in [-0.15, -0.1) is 0 Å². The van der Waals surface area contributed by atoms with Gasteiger partial charge in [-0.05, 0) is 53.9 Å². The number of hydrogen-bond acceptors (Lipinski definition) is 2. The van der Waals surface area contributed by atoms with E-state index in [1.807, 2.05) is 12.1 Å². The van der Waals surface area contributed by atoms with Gasteiger partial charge in [0.2, 0.25) is 0 Å². The normalized spacial score (nSPS) is 29.4. The first-order valence-corrected chi connectivity index (χ1v) is 7.20. The van der Waals surface area contributed by atoms with E-state index in [0.717, 1.165) is 18.1 Å². The number of benzene rings is 1. The molecule has 0 aliphatic heterocycles. The van der Waals surface area contributed by atoms with E-state index in [2.05, 4.69) is 24.3 Å². The summed E-state index contributed by atoms with van der Waals surface area (Å²) < 4.78 is 5.42. The predicted octanol–water partition coefficient (Wildman–Crippen LogP) is 3.13. The van der Waals surface area contributed by atoms with E-state index in [9.17, 15) is 0 Å². The molecule has 2 aliphatic carbocycles. The molecule has 1 heterocycles. The van der Waals surface area contributed by atoms with Crippen LogP contribution in [0.15, 0.2) is 47.1 Å². The first-order chi connectivity index (χ1) is 9.34. The molecule has 0 amide bonds. The molecular weight excluding hydrogens is 234 g/mol. The number of rotatable bonds is 3. The summed E-state index contributed by atoms with van der Waals surface area (Å²) in [4.78, 5) is 0. The van der Waals surface area contributed by atoms with Crippen molar-refractivity contribution in [3.63, 3.8) is 0 Å². The van der Waals surface area contributed by atoms with Crippen LogP contribution in [0.4, 0.5) is 0 Å². The summed E-state index contributed by atoms with van der Waals surface area (Å²) in [6, 6.07) is 13.1. The van der Waals surface area contributed by atoms with Crippen LogP contribution in [0.2, 0.25) is 0 Å². The summed E-state index contributed by atoms with van der Waals surface area (Å²) in [6.45, 7) is 0. The highest BCUT2D eigenvalue weighted by Crippen LogP contribution is 2.61. The molecule has 19 heavy (non-hydrogen) atoms. The van der Waals surface area contributed by atoms with E-state index in [1.54, 1.807) is 11.8 Å². The van der Waals surface area contributed by atoms with E-state index in [0.29, 0.717) is 11.8 Å². The Morgan fingerprint density at radius 1 is 1.21 bits per heavy atom. The Hall–Kier alpha value is -1.54. The van der Waals surface area contributed by atoms with Gasteiger partial charge < -0.3 is 10.2 Å². The lowest BCUT2D eigenvalue weighted by Gasteiger charge is -2.13. The highest BCUT2D eigenvalue weighted by Gasteiger charge is 2.55. The maximum Gasteiger partial charge on any atom is 0.105 e. The van der Waals surface area contributed by atoms with Gasteiger partial charge in [0.1, 0.15) is 5.76 Å². The first-order valence-electron chi connectivity index (χ1n) is 7.20. The van der Waals surface area contributed by atoms with Gasteiger partial charge in [-0.2, -0.15) is 0 Å². The highest BCUT2D eigenvalue weighted by atomic mass is 16.3. The fraction of sp³-hybridized carbons (Fsp3) is 0.412. The van der Waals surface area contributed by atoms with Crippen molar-refractivity contribution in [2.45, 2.75) is 31.2 Å². The number of furan rings is 1. The summed E-state index contributed by atoms with van der Waals surface area (Å²) in [5.74, 6) is 3.17. The number of nitrogens with two attached hydrogens (primary N) is 1. The molecule has 2 heteroatoms. The Bertz CT molecular complexity index is 575. The van der Waals surface area contributed by atoms with Crippen LogP contribution < -0.4 is 5.73 Å². The molecule has 0 spiro atoms. The van der Waals surface area contributed by atoms with Gasteiger partial charge in [-0.3, -0.25) is 0 Å². The molecular formula is C17H19NO. The van der Waals surface area contributed by atoms with Crippen LogP contribution in [0.25, 0.3) is 0 Å². The van der Waals surface area contributed by atoms with Crippen molar-refractivity contribution in [2.24, 2.45) is 17.6 Å². The average Bonchev–Trinajstić information content (AvgIpc) is 2.98. The van der Waals surface area contributed by atoms with E-state index < -0.39 is 0 Å². The predicted molar refractivity (Wildman–Crippen MR) is 74.9 cm³/mol. The minimum absolute atomic E-state index is 0.229. The molecule has 1 fully saturated rings. The van der Waals surface area contributed by atoms with Crippen molar-refractivity contribution < 1.29 is 4.42 Å². The molecule has 2 nitrogen and oxygen atoms in total. The Kier molecular flexibility index (Phi) is 2.52. The van der Waals surface area contributed by atoms with E-state index in [1.165, 1.54) is 18.4 Å². The molecule has 0 bridgehead atoms. The molecule has 1 aromatic carbocycles. The molecule has 4 rings (SSSR count). The second-order valence-electron chi connectivity index (χ2n) is 5.95. The lowest BCUT2D eigenvalue weighted by Crippen LogP contribution is -2.26. The summed E-state index contributed by atoms with van der Waals surface area (Å²) >= 11 is 0. The van der Waals surface area contributed by atoms with Crippen molar-refractivity contribution in [1.29, 1.82) is 0 Å². The van der Waals surface area contributed by atoms with Gasteiger partial charge in [-0.25, -0.2) is 0 Å². The third-order valence-corrected chi connectivity index (χ3v) is 4.90. The lowest BCUT2D eigenvalue weighted by molar-refractivity contribution is 0.453. The number of fused-ring (bicyclic) bond motifs is 3. The second kappa shape index (κ2) is 4.24. The standard InChI is InChI=1S/C17H19NO/c18-15(10-12-5-3-9-19-12)17-14-8-7-11-4-1-2-6-13(11)16(14)17/h1-6,9,14-17H,7-8,10,18H2. The summed E-state index contributed by atoms with van der Waals surface area (Å²) in [5.41, 5.74) is 9.52. The first kappa shape index (κ1) is 11.3. The summed E-state index contributed by atoms with van der Waals surface area (Å²) in [6.07, 6.45) is 5.13. The van der Waals surface area contributed by atoms with Crippen LogP contribution in [-0.2, 0) is 12.8 Å². The van der Waals surface area contributed by atoms with Crippen molar-refractivity contribution in [3.05, 3.63) is 59.5 Å². The zero-order chi connectivity index (χ0) is 12.8. The topological polar surface area (TPSA) is 39.2 Å². The van der Waals surface area contributed by atoms with Gasteiger partial charge in [0.05, 0.1) is 6.26 Å². The number of hydrogen-bond donors (Lipinski definition) is 1. The molecule has 4 unspecified atom stereocenters. The monoisotopic (exact) mass is 253 g/mol. The average molecular weight is 253 g/mol. The van der Waals surface area contributed by atoms with Crippen LogP contribution in [0.5, 0.6) is 0 Å². The minimum atomic E-state index is 0.229. The molecule has 2 N–H and O–H groups in total. The molecule has 0 radical (unpaired) electrons. The third-order valence-electron chi connectivity index (χ3n) is 4.90. The van der Waals surface area contributed by atoms with Gasteiger partial charge in [0.25, 0.3) is 0 Å². The van der Waals surface area contributed by atoms with E-state index >= 15 is 0 Å². The quantitative estimate of drug-likeness (QED) is 0.912. The SMILES string of the molecule is NC(Cc1ccco1)C1C2CCc3ccccc3C21. The molecule has 2 aromatic rings. The summed E-state index contributed by atoms with van der Waals surface area (Å²) in [7, 11) is 0. The molecule has 2 aliphatic rings. The summed E-state index contributed by atoms with van der Waals surface area (Å²) in [5, 5.41) is 0. The van der Waals surface area contributed by atoms with Gasteiger partial charge in [0, 0.05) is 12.5 Å². The number of aryl methyl sites for hydroxylation is 1. The molecule has 98 valence electrons. The van der Waals surface area contributed by atoms with Crippen molar-refractivity contribution in [2.75, 3.05) is 0 Å².